The van der Waals surface area contributed by atoms with Crippen LogP contribution in [0.1, 0.15) is 17.5 Å². The number of rotatable bonds is 0. The lowest BCUT2D eigenvalue weighted by atomic mass is 9.96. The summed E-state index contributed by atoms with van der Waals surface area (Å²) in [5.74, 6) is -0.832. The maximum absolute atomic E-state index is 14.4. The quantitative estimate of drug-likeness (QED) is 0.497. The Hall–Kier alpha value is -2.41. The lowest BCUT2D eigenvalue weighted by Gasteiger charge is -2.13. The molecule has 29 heavy (non-hydrogen) atoms. The van der Waals surface area contributed by atoms with Crippen molar-refractivity contribution in [2.45, 2.75) is 24.3 Å². The Kier molecular flexibility index (Phi) is 5.85. The molecule has 1 atom stereocenters. The number of halogens is 2. The van der Waals surface area contributed by atoms with E-state index in [1.165, 1.54) is 6.07 Å². The molecule has 0 amide bonds. The van der Waals surface area contributed by atoms with Crippen LogP contribution in [0.5, 0.6) is 5.75 Å². The lowest BCUT2D eigenvalue weighted by molar-refractivity contribution is 0.118. The van der Waals surface area contributed by atoms with Gasteiger partial charge in [0.25, 0.3) is 0 Å². The van der Waals surface area contributed by atoms with E-state index in [0.29, 0.717) is 12.2 Å². The molecule has 4 nitrogen and oxygen atoms in total. The fourth-order valence-electron chi connectivity index (χ4n) is 3.35. The van der Waals surface area contributed by atoms with Crippen LogP contribution in [0.4, 0.5) is 10.1 Å². The molecule has 0 spiro atoms. The molecular weight excluding hydrogens is 413 g/mol. The Balaban J connectivity index is 1.81. The molecule has 1 unspecified atom stereocenters. The molecule has 4 bridgehead atoms. The minimum atomic E-state index is -1.92. The summed E-state index contributed by atoms with van der Waals surface area (Å²) < 4.78 is 35.7. The molecule has 0 fully saturated rings. The zero-order chi connectivity index (χ0) is 20.4. The van der Waals surface area contributed by atoms with Crippen LogP contribution in [0.25, 0.3) is 11.1 Å². The third kappa shape index (κ3) is 4.29. The van der Waals surface area contributed by atoms with Crippen LogP contribution >= 0.6 is 11.6 Å². The summed E-state index contributed by atoms with van der Waals surface area (Å²) >= 11 is 6.09. The Labute approximate surface area is 175 Å². The van der Waals surface area contributed by atoms with Crippen LogP contribution < -0.4 is 4.72 Å². The number of ether oxygens (including phenoxy) is 1. The van der Waals surface area contributed by atoms with Gasteiger partial charge in [0.2, 0.25) is 0 Å². The normalized spacial score (nSPS) is 16.8. The summed E-state index contributed by atoms with van der Waals surface area (Å²) in [6.07, 6.45) is 1.62. The van der Waals surface area contributed by atoms with Gasteiger partial charge >= 0.3 is 0 Å². The Morgan fingerprint density at radius 2 is 1.97 bits per heavy atom. The Morgan fingerprint density at radius 3 is 2.83 bits per heavy atom. The van der Waals surface area contributed by atoms with Crippen LogP contribution in [0, 0.1) is 5.82 Å². The van der Waals surface area contributed by atoms with Gasteiger partial charge in [0.15, 0.2) is 16.7 Å². The third-order valence-corrected chi connectivity index (χ3v) is 6.19. The maximum atomic E-state index is 14.4. The van der Waals surface area contributed by atoms with Gasteiger partial charge in [-0.05, 0) is 59.4 Å². The van der Waals surface area contributed by atoms with Gasteiger partial charge in [-0.1, -0.05) is 41.9 Å². The van der Waals surface area contributed by atoms with Crippen molar-refractivity contribution in [3.05, 3.63) is 76.6 Å². The molecule has 1 aliphatic rings. The van der Waals surface area contributed by atoms with E-state index >= 15 is 0 Å². The van der Waals surface area contributed by atoms with Crippen molar-refractivity contribution in [3.63, 3.8) is 0 Å². The summed E-state index contributed by atoms with van der Waals surface area (Å²) in [4.78, 5) is 0.0798. The number of phenolic OH excluding ortho intramolecular Hbond substituents is 1. The van der Waals surface area contributed by atoms with Gasteiger partial charge in [-0.25, -0.2) is 8.60 Å². The Bertz CT molecular complexity index is 1090. The first kappa shape index (κ1) is 19.9. The molecule has 0 aliphatic carbocycles. The van der Waals surface area contributed by atoms with E-state index < -0.39 is 16.8 Å². The van der Waals surface area contributed by atoms with Crippen molar-refractivity contribution < 1.29 is 18.4 Å². The number of phenols is 1. The van der Waals surface area contributed by atoms with Crippen LogP contribution in [0.2, 0.25) is 5.02 Å². The maximum Gasteiger partial charge on any atom is 0.154 e. The highest BCUT2D eigenvalue weighted by Gasteiger charge is 2.17. The smallest absolute Gasteiger partial charge is 0.154 e. The van der Waals surface area contributed by atoms with Crippen LogP contribution in [0.3, 0.4) is 0 Å². The van der Waals surface area contributed by atoms with Crippen molar-refractivity contribution in [2.75, 3.05) is 11.3 Å². The fraction of sp³-hybridized carbons (Fsp3) is 0.182. The lowest BCUT2D eigenvalue weighted by Crippen LogP contribution is -2.08. The number of aryl methyl sites for hydroxylation is 1. The molecule has 7 heteroatoms. The standard InChI is InChI=1S/C22H19ClFNO3S/c23-18-10-14-11-21(22(18)26)29(27)25-20-12-16(7-8-19(20)24)17-6-2-1-4-15(17)5-3-9-28-13-14/h1-2,4,6-8,10-12,25-26H,3,5,9,13H2. The average molecular weight is 432 g/mol. The summed E-state index contributed by atoms with van der Waals surface area (Å²) in [6.45, 7) is 0.812. The van der Waals surface area contributed by atoms with Gasteiger partial charge in [0.05, 0.1) is 17.3 Å². The van der Waals surface area contributed by atoms with E-state index in [4.69, 9.17) is 16.3 Å². The van der Waals surface area contributed by atoms with Crippen molar-refractivity contribution in [1.29, 1.82) is 0 Å². The van der Waals surface area contributed by atoms with E-state index in [1.54, 1.807) is 24.3 Å². The van der Waals surface area contributed by atoms with Crippen LogP contribution in [-0.2, 0) is 28.8 Å². The summed E-state index contributed by atoms with van der Waals surface area (Å²) in [6, 6.07) is 15.7. The third-order valence-electron chi connectivity index (χ3n) is 4.79. The number of anilines is 1. The number of benzene rings is 3. The number of nitrogens with one attached hydrogen (secondary N) is 1. The molecule has 0 saturated heterocycles. The van der Waals surface area contributed by atoms with E-state index in [1.807, 2.05) is 24.3 Å². The first-order valence-corrected chi connectivity index (χ1v) is 10.7. The number of hydrogen-bond acceptors (Lipinski definition) is 3. The largest absolute Gasteiger partial charge is 0.505 e. The molecule has 3 aromatic carbocycles. The minimum absolute atomic E-state index is 0.0715. The number of aromatic hydroxyl groups is 1. The molecular formula is C22H19ClFNO3S. The second kappa shape index (κ2) is 8.53. The molecule has 1 aliphatic heterocycles. The highest BCUT2D eigenvalue weighted by molar-refractivity contribution is 7.86. The van der Waals surface area contributed by atoms with Gasteiger partial charge in [-0.15, -0.1) is 0 Å². The van der Waals surface area contributed by atoms with Crippen molar-refractivity contribution in [2.24, 2.45) is 0 Å². The predicted octanol–water partition coefficient (Wildman–Crippen LogP) is 5.45. The zero-order valence-electron chi connectivity index (χ0n) is 15.5. The van der Waals surface area contributed by atoms with Crippen molar-refractivity contribution in [1.82, 2.24) is 0 Å². The molecule has 0 radical (unpaired) electrons. The molecule has 2 N–H and O–H groups in total. The summed E-state index contributed by atoms with van der Waals surface area (Å²) in [5, 5.41) is 10.3. The molecule has 1 heterocycles. The summed E-state index contributed by atoms with van der Waals surface area (Å²) in [5.41, 5.74) is 3.70. The fourth-order valence-corrected chi connectivity index (χ4v) is 4.66. The highest BCUT2D eigenvalue weighted by Crippen LogP contribution is 2.34. The van der Waals surface area contributed by atoms with Gasteiger partial charge < -0.3 is 9.84 Å². The predicted molar refractivity (Wildman–Crippen MR) is 113 cm³/mol. The second-order valence-electron chi connectivity index (χ2n) is 6.80. The van der Waals surface area contributed by atoms with E-state index in [-0.39, 0.29) is 28.0 Å². The van der Waals surface area contributed by atoms with Gasteiger partial charge in [-0.2, -0.15) is 0 Å². The monoisotopic (exact) mass is 431 g/mol. The number of fused-ring (bicyclic) bond motifs is 6. The van der Waals surface area contributed by atoms with Gasteiger partial charge in [0, 0.05) is 6.61 Å². The molecule has 3 aromatic rings. The van der Waals surface area contributed by atoms with Crippen LogP contribution in [0.15, 0.2) is 59.5 Å². The van der Waals surface area contributed by atoms with Crippen molar-refractivity contribution in [3.8, 4) is 16.9 Å². The highest BCUT2D eigenvalue weighted by atomic mass is 35.5. The zero-order valence-corrected chi connectivity index (χ0v) is 17.0. The first-order chi connectivity index (χ1) is 14.0. The minimum Gasteiger partial charge on any atom is -0.505 e. The topological polar surface area (TPSA) is 58.6 Å². The average Bonchev–Trinajstić information content (AvgIpc) is 2.71. The van der Waals surface area contributed by atoms with E-state index in [2.05, 4.69) is 4.72 Å². The second-order valence-corrected chi connectivity index (χ2v) is 8.39. The van der Waals surface area contributed by atoms with Gasteiger partial charge in [-0.3, -0.25) is 4.72 Å². The van der Waals surface area contributed by atoms with E-state index in [9.17, 15) is 13.7 Å². The Morgan fingerprint density at radius 1 is 1.14 bits per heavy atom. The molecule has 150 valence electrons. The van der Waals surface area contributed by atoms with Crippen LogP contribution in [-0.4, -0.2) is 15.9 Å². The first-order valence-electron chi connectivity index (χ1n) is 9.18. The SMILES string of the molecule is O=S1Nc2cc(ccc2F)-c2ccccc2CCCOCc2cc(Cl)c(O)c1c2. The molecule has 0 aromatic heterocycles. The van der Waals surface area contributed by atoms with Crippen molar-refractivity contribution >= 4 is 28.3 Å². The van der Waals surface area contributed by atoms with E-state index in [0.717, 1.165) is 29.5 Å². The van der Waals surface area contributed by atoms with Gasteiger partial charge in [0.1, 0.15) is 10.7 Å². The molecule has 4 rings (SSSR count). The summed E-state index contributed by atoms with van der Waals surface area (Å²) in [7, 11) is -1.92. The molecule has 0 saturated carbocycles. The number of hydrogen-bond donors (Lipinski definition) is 2.